The number of hydrogen-bond acceptors (Lipinski definition) is 3. The second kappa shape index (κ2) is 7.96. The predicted octanol–water partition coefficient (Wildman–Crippen LogP) is 4.15. The molecule has 1 N–H and O–H groups in total. The number of sulfone groups is 1. The van der Waals surface area contributed by atoms with Crippen molar-refractivity contribution in [2.24, 2.45) is 0 Å². The highest BCUT2D eigenvalue weighted by molar-refractivity contribution is 7.93. The van der Waals surface area contributed by atoms with Crippen LogP contribution in [0.1, 0.15) is 83.5 Å². The normalized spacial score (nSPS) is 33.0. The molecule has 2 aliphatic heterocycles. The van der Waals surface area contributed by atoms with Gasteiger partial charge in [-0.1, -0.05) is 44.6 Å². The van der Waals surface area contributed by atoms with Gasteiger partial charge in [0.2, 0.25) is 0 Å². The topological polar surface area (TPSA) is 54.4 Å². The van der Waals surface area contributed by atoms with Crippen LogP contribution in [-0.2, 0) is 9.84 Å². The van der Waals surface area contributed by atoms with E-state index in [1.807, 2.05) is 6.08 Å². The van der Waals surface area contributed by atoms with E-state index in [9.17, 15) is 13.5 Å². The summed E-state index contributed by atoms with van der Waals surface area (Å²) in [7, 11) is -2.92. The van der Waals surface area contributed by atoms with E-state index in [4.69, 9.17) is 0 Å². The number of unbranched alkanes of at least 4 members (excludes halogenated alkanes) is 7. The summed E-state index contributed by atoms with van der Waals surface area (Å²) in [4.78, 5) is 0. The molecule has 0 aromatic rings. The minimum absolute atomic E-state index is 0.263. The van der Waals surface area contributed by atoms with E-state index >= 15 is 0 Å². The zero-order valence-electron chi connectivity index (χ0n) is 13.8. The van der Waals surface area contributed by atoms with Crippen LogP contribution in [0.15, 0.2) is 12.7 Å². The fourth-order valence-electron chi connectivity index (χ4n) is 4.17. The minimum Gasteiger partial charge on any atom is -0.390 e. The largest absolute Gasteiger partial charge is 0.390 e. The van der Waals surface area contributed by atoms with Crippen molar-refractivity contribution in [2.75, 3.05) is 0 Å². The summed E-state index contributed by atoms with van der Waals surface area (Å²) in [6.45, 7) is 3.73. The fourth-order valence-corrected chi connectivity index (χ4v) is 6.73. The molecule has 0 aromatic heterocycles. The van der Waals surface area contributed by atoms with Gasteiger partial charge in [-0.15, -0.1) is 6.58 Å². The molecule has 0 spiro atoms. The molecule has 22 heavy (non-hydrogen) atoms. The minimum atomic E-state index is -2.92. The smallest absolute Gasteiger partial charge is 0.156 e. The fraction of sp³-hybridized carbons (Fsp3) is 0.889. The molecule has 3 nitrogen and oxygen atoms in total. The molecule has 0 amide bonds. The van der Waals surface area contributed by atoms with Crippen LogP contribution < -0.4 is 0 Å². The molecule has 2 heterocycles. The second-order valence-corrected chi connectivity index (χ2v) is 9.86. The summed E-state index contributed by atoms with van der Waals surface area (Å²) < 4.78 is 24.1. The van der Waals surface area contributed by atoms with E-state index < -0.39 is 15.4 Å². The van der Waals surface area contributed by atoms with E-state index in [1.54, 1.807) is 0 Å². The van der Waals surface area contributed by atoms with Crippen molar-refractivity contribution in [1.29, 1.82) is 0 Å². The van der Waals surface area contributed by atoms with Gasteiger partial charge in [-0.05, 0) is 44.9 Å². The van der Waals surface area contributed by atoms with Gasteiger partial charge in [-0.3, -0.25) is 0 Å². The lowest BCUT2D eigenvalue weighted by atomic mass is 9.87. The van der Waals surface area contributed by atoms with Crippen molar-refractivity contribution in [3.8, 4) is 0 Å². The van der Waals surface area contributed by atoms with Crippen LogP contribution in [0, 0.1) is 0 Å². The van der Waals surface area contributed by atoms with Gasteiger partial charge in [0.25, 0.3) is 0 Å². The Labute approximate surface area is 136 Å². The van der Waals surface area contributed by atoms with Crippen molar-refractivity contribution in [3.05, 3.63) is 12.7 Å². The highest BCUT2D eigenvalue weighted by Gasteiger charge is 2.52. The maximum absolute atomic E-state index is 12.1. The molecule has 2 saturated heterocycles. The Morgan fingerprint density at radius 2 is 1.45 bits per heavy atom. The lowest BCUT2D eigenvalue weighted by Crippen LogP contribution is -2.44. The first-order chi connectivity index (χ1) is 10.5. The molecule has 2 atom stereocenters. The van der Waals surface area contributed by atoms with Gasteiger partial charge in [-0.2, -0.15) is 0 Å². The average Bonchev–Trinajstić information content (AvgIpc) is 2.65. The lowest BCUT2D eigenvalue weighted by Gasteiger charge is -2.36. The Balaban J connectivity index is 1.59. The molecule has 2 fully saturated rings. The van der Waals surface area contributed by atoms with Crippen LogP contribution >= 0.6 is 0 Å². The van der Waals surface area contributed by atoms with Gasteiger partial charge in [0, 0.05) is 0 Å². The quantitative estimate of drug-likeness (QED) is 0.484. The zero-order valence-corrected chi connectivity index (χ0v) is 14.6. The molecule has 2 unspecified atom stereocenters. The van der Waals surface area contributed by atoms with Crippen LogP contribution in [0.4, 0.5) is 0 Å². The summed E-state index contributed by atoms with van der Waals surface area (Å²) in [5, 5.41) is 10.2. The van der Waals surface area contributed by atoms with Crippen molar-refractivity contribution >= 4 is 9.84 Å². The SMILES string of the molecule is C=CCCCCCCCCCC1(O)CC2CCC(C1)S2(=O)=O. The Morgan fingerprint density at radius 3 is 2.00 bits per heavy atom. The van der Waals surface area contributed by atoms with Gasteiger partial charge in [0.1, 0.15) is 0 Å². The van der Waals surface area contributed by atoms with E-state index in [1.165, 1.54) is 32.1 Å². The van der Waals surface area contributed by atoms with Crippen LogP contribution in [-0.4, -0.2) is 29.6 Å². The Kier molecular flexibility index (Phi) is 6.51. The summed E-state index contributed by atoms with van der Waals surface area (Å²) in [6.07, 6.45) is 14.9. The first kappa shape index (κ1) is 18.0. The highest BCUT2D eigenvalue weighted by Crippen LogP contribution is 2.44. The van der Waals surface area contributed by atoms with Gasteiger partial charge in [0.05, 0.1) is 16.1 Å². The van der Waals surface area contributed by atoms with E-state index in [-0.39, 0.29) is 10.5 Å². The monoisotopic (exact) mass is 328 g/mol. The highest BCUT2D eigenvalue weighted by atomic mass is 32.2. The third-order valence-electron chi connectivity index (χ3n) is 5.51. The molecular formula is C18H32O3S. The van der Waals surface area contributed by atoms with Gasteiger partial charge in [0.15, 0.2) is 9.84 Å². The molecule has 0 aliphatic carbocycles. The standard InChI is InChI=1S/C18H32O3S/c1-2-3-4-5-6-7-8-9-10-13-18(19)14-16-11-12-17(15-18)22(16,20)21/h2,16-17,19H,1,3-15H2. The zero-order chi connectivity index (χ0) is 16.1. The van der Waals surface area contributed by atoms with Crippen LogP contribution in [0.3, 0.4) is 0 Å². The number of fused-ring (bicyclic) bond motifs is 2. The van der Waals surface area contributed by atoms with Gasteiger partial charge in [-0.25, -0.2) is 8.42 Å². The molecule has 2 aliphatic rings. The van der Waals surface area contributed by atoms with E-state index in [2.05, 4.69) is 6.58 Å². The first-order valence-corrected chi connectivity index (χ1v) is 10.6. The number of aliphatic hydroxyl groups is 1. The van der Waals surface area contributed by atoms with Gasteiger partial charge < -0.3 is 5.11 Å². The number of allylic oxidation sites excluding steroid dienone is 1. The molecule has 0 saturated carbocycles. The third kappa shape index (κ3) is 4.58. The van der Waals surface area contributed by atoms with Crippen molar-refractivity contribution in [1.82, 2.24) is 0 Å². The molecule has 0 aromatic carbocycles. The maximum atomic E-state index is 12.1. The Hall–Kier alpha value is -0.350. The molecule has 128 valence electrons. The molecule has 0 radical (unpaired) electrons. The Bertz CT molecular complexity index is 435. The van der Waals surface area contributed by atoms with Crippen LogP contribution in [0.5, 0.6) is 0 Å². The third-order valence-corrected chi connectivity index (χ3v) is 8.17. The van der Waals surface area contributed by atoms with Crippen molar-refractivity contribution in [3.63, 3.8) is 0 Å². The lowest BCUT2D eigenvalue weighted by molar-refractivity contribution is 0.0108. The summed E-state index contributed by atoms with van der Waals surface area (Å²) >= 11 is 0. The number of rotatable bonds is 10. The van der Waals surface area contributed by atoms with Crippen molar-refractivity contribution < 1.29 is 13.5 Å². The summed E-state index contributed by atoms with van der Waals surface area (Å²) in [5.41, 5.74) is -0.707. The van der Waals surface area contributed by atoms with Crippen LogP contribution in [0.25, 0.3) is 0 Å². The first-order valence-electron chi connectivity index (χ1n) is 9.04. The maximum Gasteiger partial charge on any atom is 0.156 e. The van der Waals surface area contributed by atoms with Crippen LogP contribution in [0.2, 0.25) is 0 Å². The Morgan fingerprint density at radius 1 is 0.955 bits per heavy atom. The molecule has 2 rings (SSSR count). The van der Waals surface area contributed by atoms with E-state index in [0.717, 1.165) is 38.5 Å². The molecule has 2 bridgehead atoms. The summed E-state index contributed by atoms with van der Waals surface area (Å²) in [6, 6.07) is 0. The molecule has 4 heteroatoms. The average molecular weight is 329 g/mol. The number of hydrogen-bond donors (Lipinski definition) is 1. The summed E-state index contributed by atoms with van der Waals surface area (Å²) in [5.74, 6) is 0. The second-order valence-electron chi connectivity index (χ2n) is 7.35. The molecular weight excluding hydrogens is 296 g/mol. The van der Waals surface area contributed by atoms with Gasteiger partial charge >= 0.3 is 0 Å². The van der Waals surface area contributed by atoms with E-state index in [0.29, 0.717) is 12.8 Å². The van der Waals surface area contributed by atoms with Crippen molar-refractivity contribution in [2.45, 2.75) is 99.6 Å². The predicted molar refractivity (Wildman–Crippen MR) is 91.7 cm³/mol.